The van der Waals surface area contributed by atoms with Gasteiger partial charge in [-0.05, 0) is 50.1 Å². The number of hydrogen-bond acceptors (Lipinski definition) is 3. The normalized spacial score (nSPS) is 20.8. The van der Waals surface area contributed by atoms with Crippen molar-refractivity contribution in [2.24, 2.45) is 5.73 Å². The van der Waals surface area contributed by atoms with Gasteiger partial charge < -0.3 is 10.5 Å². The van der Waals surface area contributed by atoms with E-state index in [-0.39, 0.29) is 0 Å². The van der Waals surface area contributed by atoms with Crippen LogP contribution in [0.3, 0.4) is 0 Å². The Kier molecular flexibility index (Phi) is 4.02. The first-order valence-electron chi connectivity index (χ1n) is 6.32. The largest absolute Gasteiger partial charge is 0.492 e. The molecule has 0 spiro atoms. The Balaban J connectivity index is 1.78. The number of nitrogens with zero attached hydrogens (tertiary/aromatic N) is 1. The van der Waals surface area contributed by atoms with E-state index in [0.717, 1.165) is 38.4 Å². The van der Waals surface area contributed by atoms with Crippen LogP contribution >= 0.6 is 0 Å². The zero-order valence-corrected chi connectivity index (χ0v) is 10.8. The first-order chi connectivity index (χ1) is 8.13. The van der Waals surface area contributed by atoms with E-state index >= 15 is 0 Å². The van der Waals surface area contributed by atoms with Crippen molar-refractivity contribution in [3.05, 3.63) is 29.3 Å². The fraction of sp³-hybridized carbons (Fsp3) is 0.571. The van der Waals surface area contributed by atoms with E-state index in [0.29, 0.717) is 6.04 Å². The molecule has 1 saturated heterocycles. The van der Waals surface area contributed by atoms with Gasteiger partial charge in [-0.15, -0.1) is 0 Å². The summed E-state index contributed by atoms with van der Waals surface area (Å²) in [6.07, 6.45) is 1.11. The van der Waals surface area contributed by atoms with Gasteiger partial charge in [0.1, 0.15) is 12.4 Å². The lowest BCUT2D eigenvalue weighted by molar-refractivity contribution is 0.236. The van der Waals surface area contributed by atoms with Crippen LogP contribution in [0.2, 0.25) is 0 Å². The molecule has 0 bridgehead atoms. The van der Waals surface area contributed by atoms with Crippen LogP contribution in [0, 0.1) is 13.8 Å². The number of nitrogens with two attached hydrogens (primary N) is 1. The van der Waals surface area contributed by atoms with Crippen molar-refractivity contribution in [1.82, 2.24) is 4.90 Å². The van der Waals surface area contributed by atoms with Crippen LogP contribution in [-0.2, 0) is 0 Å². The predicted octanol–water partition coefficient (Wildman–Crippen LogP) is 1.72. The summed E-state index contributed by atoms with van der Waals surface area (Å²) in [6, 6.07) is 6.69. The second-order valence-corrected chi connectivity index (χ2v) is 5.02. The maximum Gasteiger partial charge on any atom is 0.119 e. The average molecular weight is 234 g/mol. The number of likely N-dealkylation sites (tertiary alicyclic amines) is 1. The van der Waals surface area contributed by atoms with E-state index in [2.05, 4.69) is 36.9 Å². The third-order valence-electron chi connectivity index (χ3n) is 3.18. The van der Waals surface area contributed by atoms with Crippen LogP contribution < -0.4 is 10.5 Å². The highest BCUT2D eigenvalue weighted by Crippen LogP contribution is 2.16. The average Bonchev–Trinajstić information content (AvgIpc) is 2.63. The standard InChI is InChI=1S/C14H22N2O/c1-11-7-12(2)9-14(8-11)17-6-5-16-4-3-13(15)10-16/h7-9,13H,3-6,10,15H2,1-2H3. The van der Waals surface area contributed by atoms with Crippen molar-refractivity contribution >= 4 is 0 Å². The topological polar surface area (TPSA) is 38.5 Å². The van der Waals surface area contributed by atoms with Crippen molar-refractivity contribution < 1.29 is 4.74 Å². The highest BCUT2D eigenvalue weighted by molar-refractivity contribution is 5.32. The van der Waals surface area contributed by atoms with Gasteiger partial charge >= 0.3 is 0 Å². The second-order valence-electron chi connectivity index (χ2n) is 5.02. The lowest BCUT2D eigenvalue weighted by Crippen LogP contribution is -2.29. The van der Waals surface area contributed by atoms with Crippen molar-refractivity contribution in [3.63, 3.8) is 0 Å². The Labute approximate surface area is 104 Å². The van der Waals surface area contributed by atoms with Crippen molar-refractivity contribution in [3.8, 4) is 5.75 Å². The van der Waals surface area contributed by atoms with E-state index in [1.807, 2.05) is 0 Å². The Morgan fingerprint density at radius 1 is 1.29 bits per heavy atom. The molecule has 3 nitrogen and oxygen atoms in total. The molecule has 1 aromatic rings. The van der Waals surface area contributed by atoms with E-state index in [9.17, 15) is 0 Å². The third-order valence-corrected chi connectivity index (χ3v) is 3.18. The molecular weight excluding hydrogens is 212 g/mol. The van der Waals surface area contributed by atoms with Crippen LogP contribution in [-0.4, -0.2) is 37.2 Å². The summed E-state index contributed by atoms with van der Waals surface area (Å²) in [5, 5.41) is 0. The summed E-state index contributed by atoms with van der Waals surface area (Å²) in [5.74, 6) is 0.978. The molecule has 1 heterocycles. The molecule has 2 rings (SSSR count). The smallest absolute Gasteiger partial charge is 0.119 e. The molecule has 3 heteroatoms. The molecule has 1 atom stereocenters. The summed E-state index contributed by atoms with van der Waals surface area (Å²) in [6.45, 7) is 8.03. The van der Waals surface area contributed by atoms with E-state index < -0.39 is 0 Å². The minimum Gasteiger partial charge on any atom is -0.492 e. The zero-order chi connectivity index (χ0) is 12.3. The van der Waals surface area contributed by atoms with Gasteiger partial charge in [-0.25, -0.2) is 0 Å². The van der Waals surface area contributed by atoms with Crippen molar-refractivity contribution in [2.75, 3.05) is 26.2 Å². The summed E-state index contributed by atoms with van der Waals surface area (Å²) < 4.78 is 5.78. The number of hydrogen-bond donors (Lipinski definition) is 1. The Morgan fingerprint density at radius 2 is 2.00 bits per heavy atom. The predicted molar refractivity (Wildman–Crippen MR) is 70.4 cm³/mol. The maximum atomic E-state index is 5.87. The van der Waals surface area contributed by atoms with Gasteiger partial charge in [0.25, 0.3) is 0 Å². The molecular formula is C14H22N2O. The van der Waals surface area contributed by atoms with Crippen LogP contribution in [0.15, 0.2) is 18.2 Å². The SMILES string of the molecule is Cc1cc(C)cc(OCCN2CCC(N)C2)c1. The van der Waals surface area contributed by atoms with Gasteiger partial charge in [-0.1, -0.05) is 6.07 Å². The van der Waals surface area contributed by atoms with Crippen LogP contribution in [0.4, 0.5) is 0 Å². The van der Waals surface area contributed by atoms with Gasteiger partial charge in [0.05, 0.1) is 0 Å². The zero-order valence-electron chi connectivity index (χ0n) is 10.8. The molecule has 1 aliphatic heterocycles. The Morgan fingerprint density at radius 3 is 2.59 bits per heavy atom. The van der Waals surface area contributed by atoms with Gasteiger partial charge in [0, 0.05) is 19.1 Å². The molecule has 0 saturated carbocycles. The summed E-state index contributed by atoms with van der Waals surface area (Å²) >= 11 is 0. The monoisotopic (exact) mass is 234 g/mol. The second kappa shape index (κ2) is 5.52. The molecule has 2 N–H and O–H groups in total. The minimum atomic E-state index is 0.358. The highest BCUT2D eigenvalue weighted by atomic mass is 16.5. The lowest BCUT2D eigenvalue weighted by atomic mass is 10.1. The first-order valence-corrected chi connectivity index (χ1v) is 6.32. The van der Waals surface area contributed by atoms with Crippen LogP contribution in [0.25, 0.3) is 0 Å². The van der Waals surface area contributed by atoms with Gasteiger partial charge in [0.2, 0.25) is 0 Å². The lowest BCUT2D eigenvalue weighted by Gasteiger charge is -2.15. The van der Waals surface area contributed by atoms with Gasteiger partial charge in [-0.3, -0.25) is 4.90 Å². The molecule has 0 radical (unpaired) electrons. The quantitative estimate of drug-likeness (QED) is 0.862. The summed E-state index contributed by atoms with van der Waals surface area (Å²) in [7, 11) is 0. The summed E-state index contributed by atoms with van der Waals surface area (Å²) in [4.78, 5) is 2.37. The van der Waals surface area contributed by atoms with Crippen molar-refractivity contribution in [2.45, 2.75) is 26.3 Å². The molecule has 0 amide bonds. The Hall–Kier alpha value is -1.06. The van der Waals surface area contributed by atoms with E-state index in [4.69, 9.17) is 10.5 Å². The Bertz CT molecular complexity index is 358. The first kappa shape index (κ1) is 12.4. The fourth-order valence-electron chi connectivity index (χ4n) is 2.37. The number of ether oxygens (including phenoxy) is 1. The number of rotatable bonds is 4. The van der Waals surface area contributed by atoms with Crippen LogP contribution in [0.5, 0.6) is 5.75 Å². The van der Waals surface area contributed by atoms with Gasteiger partial charge in [-0.2, -0.15) is 0 Å². The van der Waals surface area contributed by atoms with Gasteiger partial charge in [0.15, 0.2) is 0 Å². The molecule has 1 aromatic carbocycles. The third kappa shape index (κ3) is 3.72. The fourth-order valence-corrected chi connectivity index (χ4v) is 2.37. The molecule has 1 aliphatic rings. The summed E-state index contributed by atoms with van der Waals surface area (Å²) in [5.41, 5.74) is 8.37. The van der Waals surface area contributed by atoms with Crippen LogP contribution in [0.1, 0.15) is 17.5 Å². The van der Waals surface area contributed by atoms with Crippen molar-refractivity contribution in [1.29, 1.82) is 0 Å². The number of aryl methyl sites for hydroxylation is 2. The highest BCUT2D eigenvalue weighted by Gasteiger charge is 2.18. The molecule has 94 valence electrons. The molecule has 17 heavy (non-hydrogen) atoms. The molecule has 1 fully saturated rings. The molecule has 0 aromatic heterocycles. The molecule has 0 aliphatic carbocycles. The number of benzene rings is 1. The maximum absolute atomic E-state index is 5.87. The van der Waals surface area contributed by atoms with E-state index in [1.165, 1.54) is 11.1 Å². The minimum absolute atomic E-state index is 0.358. The van der Waals surface area contributed by atoms with E-state index in [1.54, 1.807) is 0 Å². The molecule has 1 unspecified atom stereocenters.